The van der Waals surface area contributed by atoms with Gasteiger partial charge in [0.25, 0.3) is 0 Å². The average molecular weight is 538 g/mol. The molecule has 198 valence electrons. The van der Waals surface area contributed by atoms with Crippen LogP contribution in [0.15, 0.2) is 36.7 Å². The zero-order valence-electron chi connectivity index (χ0n) is 20.2. The minimum absolute atomic E-state index is 0.00949. The number of rotatable bonds is 6. The van der Waals surface area contributed by atoms with Crippen molar-refractivity contribution in [2.75, 3.05) is 12.3 Å². The van der Waals surface area contributed by atoms with Crippen LogP contribution in [0.25, 0.3) is 11.2 Å². The number of hydrogen-bond acceptors (Lipinski definition) is 11. The number of alkyl halides is 1. The van der Waals surface area contributed by atoms with Crippen molar-refractivity contribution >= 4 is 40.9 Å². The lowest BCUT2D eigenvalue weighted by molar-refractivity contribution is -0.0756. The zero-order chi connectivity index (χ0) is 26.7. The van der Waals surface area contributed by atoms with Crippen molar-refractivity contribution < 1.29 is 37.7 Å². The molecule has 2 aromatic heterocycles. The summed E-state index contributed by atoms with van der Waals surface area (Å²) in [5.41, 5.74) is 5.97. The highest BCUT2D eigenvalue weighted by Crippen LogP contribution is 2.36. The molecular formula is C23H25ClFN5O7. The highest BCUT2D eigenvalue weighted by Gasteiger charge is 2.50. The minimum atomic E-state index is -1.94. The monoisotopic (exact) mass is 537 g/mol. The number of halogens is 2. The van der Waals surface area contributed by atoms with E-state index >= 15 is 4.39 Å². The molecular weight excluding hydrogens is 513 g/mol. The number of carbonyl (C=O) groups is 2. The van der Waals surface area contributed by atoms with Gasteiger partial charge in [-0.2, -0.15) is 9.97 Å². The van der Waals surface area contributed by atoms with Crippen LogP contribution < -0.4 is 5.73 Å². The van der Waals surface area contributed by atoms with Gasteiger partial charge < -0.3 is 29.4 Å². The van der Waals surface area contributed by atoms with Gasteiger partial charge in [-0.15, -0.1) is 0 Å². The average Bonchev–Trinajstić information content (AvgIpc) is 3.37. The van der Waals surface area contributed by atoms with Gasteiger partial charge in [0, 0.05) is 0 Å². The van der Waals surface area contributed by atoms with Gasteiger partial charge in [-0.1, -0.05) is 30.3 Å². The molecule has 0 radical (unpaired) electrons. The second-order valence-corrected chi connectivity index (χ2v) is 9.43. The van der Waals surface area contributed by atoms with Gasteiger partial charge in [-0.25, -0.2) is 19.0 Å². The summed E-state index contributed by atoms with van der Waals surface area (Å²) in [5, 5.41) is -0.178. The Morgan fingerprint density at radius 1 is 1.16 bits per heavy atom. The van der Waals surface area contributed by atoms with E-state index in [1.165, 1.54) is 10.9 Å². The molecule has 0 amide bonds. The van der Waals surface area contributed by atoms with Gasteiger partial charge in [-0.05, 0) is 37.9 Å². The Morgan fingerprint density at radius 3 is 2.59 bits per heavy atom. The summed E-state index contributed by atoms with van der Waals surface area (Å²) in [6.07, 6.45) is -6.93. The van der Waals surface area contributed by atoms with Crippen LogP contribution in [-0.2, 0) is 30.3 Å². The molecule has 4 rings (SSSR count). The van der Waals surface area contributed by atoms with Gasteiger partial charge in [0.05, 0.1) is 6.33 Å². The number of anilines is 1. The number of ether oxygens (including phenoxy) is 5. The summed E-state index contributed by atoms with van der Waals surface area (Å²) in [6, 6.07) is 8.96. The van der Waals surface area contributed by atoms with Crippen LogP contribution in [0, 0.1) is 0 Å². The van der Waals surface area contributed by atoms with Crippen LogP contribution >= 0.6 is 11.6 Å². The third-order valence-corrected chi connectivity index (χ3v) is 5.32. The molecule has 4 atom stereocenters. The van der Waals surface area contributed by atoms with Crippen molar-refractivity contribution in [1.29, 1.82) is 0 Å². The molecule has 3 heterocycles. The number of nitrogens with two attached hydrogens (primary N) is 1. The SMILES string of the molecule is CC(C)(C)OC(=O)O[C@H]1[C@H](F)[C@H](n2cnc3c(N)nc(Cl)nc32)O[C@@H]1COC(=O)OCc1ccccc1. The van der Waals surface area contributed by atoms with E-state index in [1.54, 1.807) is 45.0 Å². The first-order valence-electron chi connectivity index (χ1n) is 11.2. The zero-order valence-corrected chi connectivity index (χ0v) is 20.9. The fourth-order valence-corrected chi connectivity index (χ4v) is 3.75. The van der Waals surface area contributed by atoms with E-state index in [-0.39, 0.29) is 28.9 Å². The second-order valence-electron chi connectivity index (χ2n) is 9.09. The van der Waals surface area contributed by atoms with Gasteiger partial charge >= 0.3 is 12.3 Å². The topological polar surface area (TPSA) is 150 Å². The molecule has 37 heavy (non-hydrogen) atoms. The Morgan fingerprint density at radius 2 is 1.89 bits per heavy atom. The molecule has 12 nitrogen and oxygen atoms in total. The first-order valence-corrected chi connectivity index (χ1v) is 11.6. The fourth-order valence-electron chi connectivity index (χ4n) is 3.58. The van der Waals surface area contributed by atoms with Crippen molar-refractivity contribution in [1.82, 2.24) is 19.5 Å². The van der Waals surface area contributed by atoms with Crippen LogP contribution in [0.5, 0.6) is 0 Å². The predicted molar refractivity (Wildman–Crippen MR) is 127 cm³/mol. The van der Waals surface area contributed by atoms with Crippen LogP contribution in [0.2, 0.25) is 5.28 Å². The van der Waals surface area contributed by atoms with Gasteiger partial charge in [0.1, 0.15) is 30.4 Å². The Labute approximate surface area is 215 Å². The maximum Gasteiger partial charge on any atom is 0.509 e. The van der Waals surface area contributed by atoms with Crippen molar-refractivity contribution in [3.05, 3.63) is 47.5 Å². The molecule has 0 spiro atoms. The molecule has 0 aliphatic carbocycles. The number of imidazole rings is 1. The van der Waals surface area contributed by atoms with Gasteiger partial charge in [0.15, 0.2) is 30.0 Å². The smallest absolute Gasteiger partial charge is 0.431 e. The van der Waals surface area contributed by atoms with E-state index in [1.807, 2.05) is 6.07 Å². The molecule has 14 heteroatoms. The summed E-state index contributed by atoms with van der Waals surface area (Å²) in [7, 11) is 0. The lowest BCUT2D eigenvalue weighted by atomic mass is 10.1. The van der Waals surface area contributed by atoms with E-state index in [0.717, 1.165) is 5.56 Å². The standard InChI is InChI=1S/C23H25ClFN5O7/c1-23(2,3)37-22(32)36-16-13(10-34-21(31)33-9-12-7-5-4-6-8-12)35-19(14(16)25)30-11-27-15-17(26)28-20(24)29-18(15)30/h4-8,11,13-14,16,19H,9-10H2,1-3H3,(H2,26,28,29)/t13-,14+,16-,19-/m1/s1. The van der Waals surface area contributed by atoms with Crippen molar-refractivity contribution in [2.24, 2.45) is 0 Å². The fraction of sp³-hybridized carbons (Fsp3) is 0.435. The first-order chi connectivity index (χ1) is 17.5. The van der Waals surface area contributed by atoms with Crippen LogP contribution in [0.4, 0.5) is 19.8 Å². The van der Waals surface area contributed by atoms with E-state index < -0.39 is 49.1 Å². The van der Waals surface area contributed by atoms with Crippen molar-refractivity contribution in [2.45, 2.75) is 57.6 Å². The number of aromatic nitrogens is 4. The first kappa shape index (κ1) is 26.4. The molecule has 1 fully saturated rings. The molecule has 2 N–H and O–H groups in total. The number of carbonyl (C=O) groups excluding carboxylic acids is 2. The third kappa shape index (κ3) is 6.35. The van der Waals surface area contributed by atoms with Crippen LogP contribution in [0.3, 0.4) is 0 Å². The summed E-state index contributed by atoms with van der Waals surface area (Å²) in [5.74, 6) is -0.00949. The highest BCUT2D eigenvalue weighted by molar-refractivity contribution is 6.28. The summed E-state index contributed by atoms with van der Waals surface area (Å²) in [4.78, 5) is 36.4. The highest BCUT2D eigenvalue weighted by atomic mass is 35.5. The maximum atomic E-state index is 15.7. The Hall–Kier alpha value is -3.71. The van der Waals surface area contributed by atoms with E-state index in [9.17, 15) is 9.59 Å². The number of nitrogens with zero attached hydrogens (tertiary/aromatic N) is 4. The lowest BCUT2D eigenvalue weighted by Crippen LogP contribution is -2.38. The van der Waals surface area contributed by atoms with Crippen LogP contribution in [-0.4, -0.2) is 62.4 Å². The molecule has 1 aliphatic rings. The van der Waals surface area contributed by atoms with Crippen LogP contribution in [0.1, 0.15) is 32.6 Å². The maximum absolute atomic E-state index is 15.7. The number of fused-ring (bicyclic) bond motifs is 1. The second kappa shape index (κ2) is 10.7. The largest absolute Gasteiger partial charge is 0.509 e. The van der Waals surface area contributed by atoms with Crippen molar-refractivity contribution in [3.63, 3.8) is 0 Å². The number of benzene rings is 1. The molecule has 1 aliphatic heterocycles. The summed E-state index contributed by atoms with van der Waals surface area (Å²) in [6.45, 7) is 4.38. The Kier molecular flexibility index (Phi) is 7.64. The molecule has 1 aromatic carbocycles. The summed E-state index contributed by atoms with van der Waals surface area (Å²) < 4.78 is 43.3. The molecule has 0 saturated carbocycles. The number of hydrogen-bond donors (Lipinski definition) is 1. The van der Waals surface area contributed by atoms with Gasteiger partial charge in [-0.3, -0.25) is 4.57 Å². The van der Waals surface area contributed by atoms with E-state index in [2.05, 4.69) is 15.0 Å². The Balaban J connectivity index is 1.50. The number of nitrogen functional groups attached to an aromatic ring is 1. The molecule has 3 aromatic rings. The van der Waals surface area contributed by atoms with Crippen molar-refractivity contribution in [3.8, 4) is 0 Å². The predicted octanol–water partition coefficient (Wildman–Crippen LogP) is 3.97. The van der Waals surface area contributed by atoms with E-state index in [0.29, 0.717) is 0 Å². The lowest BCUT2D eigenvalue weighted by Gasteiger charge is -2.23. The quantitative estimate of drug-likeness (QED) is 0.359. The summed E-state index contributed by atoms with van der Waals surface area (Å²) >= 11 is 5.91. The minimum Gasteiger partial charge on any atom is -0.431 e. The van der Waals surface area contributed by atoms with E-state index in [4.69, 9.17) is 41.0 Å². The molecule has 0 unspecified atom stereocenters. The third-order valence-electron chi connectivity index (χ3n) is 5.15. The van der Waals surface area contributed by atoms with Gasteiger partial charge in [0.2, 0.25) is 5.28 Å². The normalized spacial score (nSPS) is 21.5. The Bertz CT molecular complexity index is 1270. The molecule has 1 saturated heterocycles. The molecule has 0 bridgehead atoms.